The van der Waals surface area contributed by atoms with Crippen molar-refractivity contribution in [2.24, 2.45) is 0 Å². The summed E-state index contributed by atoms with van der Waals surface area (Å²) in [5.41, 5.74) is 0.928. The molecule has 0 unspecified atom stereocenters. The van der Waals surface area contributed by atoms with E-state index in [4.69, 9.17) is 4.74 Å². The highest BCUT2D eigenvalue weighted by Crippen LogP contribution is 2.22. The molecule has 0 bridgehead atoms. The topological polar surface area (TPSA) is 81.9 Å². The highest BCUT2D eigenvalue weighted by molar-refractivity contribution is 5.75. The van der Waals surface area contributed by atoms with Gasteiger partial charge in [-0.25, -0.2) is 9.78 Å². The summed E-state index contributed by atoms with van der Waals surface area (Å²) >= 11 is 0. The van der Waals surface area contributed by atoms with Gasteiger partial charge in [0.15, 0.2) is 5.65 Å². The molecule has 0 radical (unpaired) electrons. The number of benzene rings is 2. The number of ether oxygens (including phenoxy) is 1. The zero-order valence-electron chi connectivity index (χ0n) is 16.8. The van der Waals surface area contributed by atoms with Crippen LogP contribution in [0.1, 0.15) is 25.2 Å². The van der Waals surface area contributed by atoms with Gasteiger partial charge in [0.05, 0.1) is 0 Å². The first kappa shape index (κ1) is 19.4. The molecule has 7 heteroatoms. The van der Waals surface area contributed by atoms with Crippen molar-refractivity contribution >= 4 is 23.3 Å². The van der Waals surface area contributed by atoms with E-state index in [9.17, 15) is 9.59 Å². The van der Waals surface area contributed by atoms with Crippen molar-refractivity contribution in [1.29, 1.82) is 0 Å². The Morgan fingerprint density at radius 3 is 2.40 bits per heavy atom. The second-order valence-electron chi connectivity index (χ2n) is 6.72. The van der Waals surface area contributed by atoms with E-state index in [0.29, 0.717) is 30.1 Å². The number of hydrogen-bond acceptors (Lipinski definition) is 4. The third-order valence-electron chi connectivity index (χ3n) is 4.78. The van der Waals surface area contributed by atoms with Gasteiger partial charge in [0.2, 0.25) is 0 Å². The molecule has 30 heavy (non-hydrogen) atoms. The molecule has 0 fully saturated rings. The molecule has 7 nitrogen and oxygen atoms in total. The van der Waals surface area contributed by atoms with Crippen LogP contribution in [0, 0.1) is 0 Å². The van der Waals surface area contributed by atoms with Crippen molar-refractivity contribution in [3.8, 4) is 11.5 Å². The molecular formula is C23H22N4O3. The number of aromatic nitrogens is 4. The highest BCUT2D eigenvalue weighted by Gasteiger charge is 2.14. The van der Waals surface area contributed by atoms with Gasteiger partial charge in [0.25, 0.3) is 5.56 Å². The van der Waals surface area contributed by atoms with Gasteiger partial charge in [0.1, 0.15) is 22.8 Å². The molecule has 1 N–H and O–H groups in total. The van der Waals surface area contributed by atoms with Crippen LogP contribution in [0.3, 0.4) is 0 Å². The minimum Gasteiger partial charge on any atom is -0.457 e. The number of H-pyrrole nitrogens is 1. The molecule has 4 aromatic rings. The third kappa shape index (κ3) is 3.69. The number of imidazole rings is 1. The summed E-state index contributed by atoms with van der Waals surface area (Å²) in [4.78, 5) is 32.6. The molecule has 0 aliphatic heterocycles. The number of fused-ring (bicyclic) bond motifs is 1. The SMILES string of the molecule is CCn1c(=O)c2[nH]c(/C=C/c3cccc(Oc4ccccc4)c3)nc2n(CC)c1=O. The van der Waals surface area contributed by atoms with Crippen LogP contribution in [0.15, 0.2) is 64.2 Å². The second kappa shape index (κ2) is 8.24. The predicted molar refractivity (Wildman–Crippen MR) is 118 cm³/mol. The number of hydrogen-bond donors (Lipinski definition) is 1. The Hall–Kier alpha value is -3.87. The lowest BCUT2D eigenvalue weighted by Crippen LogP contribution is -2.39. The molecule has 0 amide bonds. The van der Waals surface area contributed by atoms with E-state index in [-0.39, 0.29) is 11.2 Å². The number of aryl methyl sites for hydroxylation is 1. The van der Waals surface area contributed by atoms with E-state index in [2.05, 4.69) is 9.97 Å². The lowest BCUT2D eigenvalue weighted by atomic mass is 10.2. The summed E-state index contributed by atoms with van der Waals surface area (Å²) in [6.07, 6.45) is 3.66. The Labute approximate surface area is 172 Å². The summed E-state index contributed by atoms with van der Waals surface area (Å²) in [7, 11) is 0. The average molecular weight is 402 g/mol. The Morgan fingerprint density at radius 1 is 0.933 bits per heavy atom. The van der Waals surface area contributed by atoms with E-state index in [1.54, 1.807) is 13.0 Å². The van der Waals surface area contributed by atoms with Crippen LogP contribution in [-0.2, 0) is 13.1 Å². The fourth-order valence-electron chi connectivity index (χ4n) is 3.31. The van der Waals surface area contributed by atoms with Crippen LogP contribution in [0.2, 0.25) is 0 Å². The minimum absolute atomic E-state index is 0.312. The van der Waals surface area contributed by atoms with Crippen LogP contribution in [0.5, 0.6) is 11.5 Å². The molecule has 0 saturated carbocycles. The molecule has 152 valence electrons. The summed E-state index contributed by atoms with van der Waals surface area (Å²) in [6.45, 7) is 4.37. The molecule has 0 aliphatic rings. The van der Waals surface area contributed by atoms with Crippen LogP contribution >= 0.6 is 0 Å². The number of aromatic amines is 1. The largest absolute Gasteiger partial charge is 0.457 e. The lowest BCUT2D eigenvalue weighted by molar-refractivity contribution is 0.482. The van der Waals surface area contributed by atoms with Gasteiger partial charge >= 0.3 is 5.69 Å². The maximum atomic E-state index is 12.6. The van der Waals surface area contributed by atoms with E-state index < -0.39 is 0 Å². The number of para-hydroxylation sites is 1. The molecular weight excluding hydrogens is 380 g/mol. The third-order valence-corrected chi connectivity index (χ3v) is 4.78. The lowest BCUT2D eigenvalue weighted by Gasteiger charge is -2.06. The molecule has 2 aromatic heterocycles. The van der Waals surface area contributed by atoms with Gasteiger partial charge in [0, 0.05) is 13.1 Å². The van der Waals surface area contributed by atoms with Crippen molar-refractivity contribution in [3.63, 3.8) is 0 Å². The molecule has 2 aromatic carbocycles. The van der Waals surface area contributed by atoms with Crippen molar-refractivity contribution in [1.82, 2.24) is 19.1 Å². The fourth-order valence-corrected chi connectivity index (χ4v) is 3.31. The van der Waals surface area contributed by atoms with E-state index in [0.717, 1.165) is 17.1 Å². The summed E-state index contributed by atoms with van der Waals surface area (Å²) < 4.78 is 8.58. The van der Waals surface area contributed by atoms with Gasteiger partial charge in [-0.15, -0.1) is 0 Å². The average Bonchev–Trinajstić information content (AvgIpc) is 3.18. The van der Waals surface area contributed by atoms with Crippen molar-refractivity contribution in [3.05, 3.63) is 86.8 Å². The molecule has 0 aliphatic carbocycles. The molecule has 4 rings (SSSR count). The Morgan fingerprint density at radius 2 is 1.67 bits per heavy atom. The van der Waals surface area contributed by atoms with E-state index in [1.165, 1.54) is 9.13 Å². The number of rotatable bonds is 6. The summed E-state index contributed by atoms with van der Waals surface area (Å²) in [6, 6.07) is 17.2. The quantitative estimate of drug-likeness (QED) is 0.530. The first-order chi connectivity index (χ1) is 14.6. The second-order valence-corrected chi connectivity index (χ2v) is 6.72. The van der Waals surface area contributed by atoms with Gasteiger partial charge in [-0.1, -0.05) is 36.4 Å². The van der Waals surface area contributed by atoms with Gasteiger partial charge in [-0.05, 0) is 49.8 Å². The Kier molecular flexibility index (Phi) is 5.34. The summed E-state index contributed by atoms with van der Waals surface area (Å²) in [5, 5.41) is 0. The molecule has 2 heterocycles. The monoisotopic (exact) mass is 402 g/mol. The Bertz CT molecular complexity index is 1330. The van der Waals surface area contributed by atoms with Gasteiger partial charge < -0.3 is 9.72 Å². The van der Waals surface area contributed by atoms with Crippen LogP contribution in [0.4, 0.5) is 0 Å². The highest BCUT2D eigenvalue weighted by atomic mass is 16.5. The molecule has 0 atom stereocenters. The maximum absolute atomic E-state index is 12.6. The minimum atomic E-state index is -0.354. The van der Waals surface area contributed by atoms with E-state index in [1.807, 2.05) is 67.6 Å². The van der Waals surface area contributed by atoms with Crippen molar-refractivity contribution in [2.75, 3.05) is 0 Å². The normalized spacial score (nSPS) is 11.4. The zero-order chi connectivity index (χ0) is 21.1. The first-order valence-electron chi connectivity index (χ1n) is 9.85. The van der Waals surface area contributed by atoms with Crippen molar-refractivity contribution < 1.29 is 4.74 Å². The predicted octanol–water partition coefficient (Wildman–Crippen LogP) is 3.89. The smallest absolute Gasteiger partial charge is 0.332 e. The van der Waals surface area contributed by atoms with Crippen molar-refractivity contribution in [2.45, 2.75) is 26.9 Å². The standard InChI is InChI=1S/C23H22N4O3/c1-3-26-21-20(22(28)27(4-2)23(26)29)24-19(25-21)14-13-16-9-8-12-18(15-16)30-17-10-6-5-7-11-17/h5-15H,3-4H2,1-2H3,(H,24,25)/b14-13+. The number of nitrogens with one attached hydrogen (secondary N) is 1. The zero-order valence-corrected chi connectivity index (χ0v) is 16.8. The number of nitrogens with zero attached hydrogens (tertiary/aromatic N) is 3. The van der Waals surface area contributed by atoms with Crippen LogP contribution in [-0.4, -0.2) is 19.1 Å². The first-order valence-corrected chi connectivity index (χ1v) is 9.85. The molecule has 0 saturated heterocycles. The van der Waals surface area contributed by atoms with Crippen LogP contribution in [0.25, 0.3) is 23.3 Å². The summed E-state index contributed by atoms with van der Waals surface area (Å²) in [5.74, 6) is 1.99. The van der Waals surface area contributed by atoms with Crippen LogP contribution < -0.4 is 16.0 Å². The maximum Gasteiger partial charge on any atom is 0.332 e. The fraction of sp³-hybridized carbons (Fsp3) is 0.174. The Balaban J connectivity index is 1.66. The van der Waals surface area contributed by atoms with Gasteiger partial charge in [-0.3, -0.25) is 13.9 Å². The van der Waals surface area contributed by atoms with E-state index >= 15 is 0 Å². The van der Waals surface area contributed by atoms with Gasteiger partial charge in [-0.2, -0.15) is 0 Å². The molecule has 0 spiro atoms.